The minimum Gasteiger partial charge on any atom is -0.454 e. The van der Waals surface area contributed by atoms with Gasteiger partial charge >= 0.3 is 5.97 Å². The van der Waals surface area contributed by atoms with Gasteiger partial charge in [-0.05, 0) is 17.7 Å². The highest BCUT2D eigenvalue weighted by Gasteiger charge is 2.21. The lowest BCUT2D eigenvalue weighted by atomic mass is 9.96. The summed E-state index contributed by atoms with van der Waals surface area (Å²) < 4.78 is 6.80. The first kappa shape index (κ1) is 22.4. The number of carbonyl (C=O) groups excluding carboxylic acids is 3. The summed E-state index contributed by atoms with van der Waals surface area (Å²) in [5, 5.41) is 7.02. The van der Waals surface area contributed by atoms with Crippen LogP contribution in [0.25, 0.3) is 0 Å². The van der Waals surface area contributed by atoms with Crippen LogP contribution in [0.4, 0.5) is 0 Å². The lowest BCUT2D eigenvalue weighted by molar-refractivity contribution is -0.128. The van der Waals surface area contributed by atoms with Gasteiger partial charge in [0.1, 0.15) is 0 Å². The minimum atomic E-state index is -0.595. The van der Waals surface area contributed by atoms with Gasteiger partial charge in [0.2, 0.25) is 11.7 Å². The monoisotopic (exact) mass is 439 g/mol. The maximum Gasteiger partial charge on any atom is 0.341 e. The first-order valence-electron chi connectivity index (χ1n) is 9.86. The predicted octanol–water partition coefficient (Wildman–Crippen LogP) is 3.69. The second kappa shape index (κ2) is 9.70. The van der Waals surface area contributed by atoms with Gasteiger partial charge in [-0.3, -0.25) is 14.3 Å². The molecule has 8 heteroatoms. The Bertz CT molecular complexity index is 1060. The standard InChI is InChI=1S/C23H25N3O4S/c1-23(2,3)22(29)24-12-18-9-10-20(31-18)19(27)15-30-21(28)17-11-25-26(14-17)13-16-7-5-4-6-8-16/h4-11,14H,12-13,15H2,1-3H3,(H,24,29). The van der Waals surface area contributed by atoms with Gasteiger partial charge in [0.05, 0.1) is 29.7 Å². The summed E-state index contributed by atoms with van der Waals surface area (Å²) in [5.41, 5.74) is 0.882. The normalized spacial score (nSPS) is 11.2. The zero-order valence-electron chi connectivity index (χ0n) is 17.8. The molecule has 0 bridgehead atoms. The zero-order valence-corrected chi connectivity index (χ0v) is 18.6. The van der Waals surface area contributed by atoms with E-state index in [0.29, 0.717) is 23.5 Å². The lowest BCUT2D eigenvalue weighted by Gasteiger charge is -2.17. The van der Waals surface area contributed by atoms with Crippen LogP contribution in [0.2, 0.25) is 0 Å². The molecular formula is C23H25N3O4S. The van der Waals surface area contributed by atoms with Crippen molar-refractivity contribution in [2.45, 2.75) is 33.9 Å². The number of thiophene rings is 1. The fourth-order valence-electron chi connectivity index (χ4n) is 2.67. The van der Waals surface area contributed by atoms with E-state index in [1.165, 1.54) is 17.5 Å². The van der Waals surface area contributed by atoms with Gasteiger partial charge in [-0.1, -0.05) is 51.1 Å². The molecule has 3 rings (SSSR count). The van der Waals surface area contributed by atoms with Gasteiger partial charge < -0.3 is 10.1 Å². The SMILES string of the molecule is CC(C)(C)C(=O)NCc1ccc(C(=O)COC(=O)c2cnn(Cc3ccccc3)c2)s1. The molecule has 3 aromatic rings. The number of nitrogens with zero attached hydrogens (tertiary/aromatic N) is 2. The van der Waals surface area contributed by atoms with E-state index in [0.717, 1.165) is 10.4 Å². The smallest absolute Gasteiger partial charge is 0.341 e. The summed E-state index contributed by atoms with van der Waals surface area (Å²) >= 11 is 1.27. The molecule has 0 aliphatic carbocycles. The van der Waals surface area contributed by atoms with Gasteiger partial charge in [-0.2, -0.15) is 5.10 Å². The first-order valence-corrected chi connectivity index (χ1v) is 10.7. The molecule has 0 aliphatic heterocycles. The number of amides is 1. The summed E-state index contributed by atoms with van der Waals surface area (Å²) in [6.07, 6.45) is 3.03. The molecule has 0 radical (unpaired) electrons. The van der Waals surface area contributed by atoms with Crippen LogP contribution in [-0.2, 0) is 22.6 Å². The maximum absolute atomic E-state index is 12.4. The van der Waals surface area contributed by atoms with Crippen molar-refractivity contribution in [1.82, 2.24) is 15.1 Å². The van der Waals surface area contributed by atoms with E-state index < -0.39 is 11.4 Å². The number of hydrogen-bond acceptors (Lipinski definition) is 6. The molecule has 0 atom stereocenters. The topological polar surface area (TPSA) is 90.3 Å². The first-order chi connectivity index (χ1) is 14.7. The molecule has 0 saturated heterocycles. The third kappa shape index (κ3) is 6.36. The van der Waals surface area contributed by atoms with Gasteiger partial charge in [-0.25, -0.2) is 4.79 Å². The van der Waals surface area contributed by atoms with Gasteiger partial charge in [0.25, 0.3) is 0 Å². The molecule has 7 nitrogen and oxygen atoms in total. The van der Waals surface area contributed by atoms with Crippen LogP contribution in [0.3, 0.4) is 0 Å². The average Bonchev–Trinajstić information content (AvgIpc) is 3.40. The summed E-state index contributed by atoms with van der Waals surface area (Å²) in [7, 11) is 0. The predicted molar refractivity (Wildman–Crippen MR) is 118 cm³/mol. The van der Waals surface area contributed by atoms with Crippen LogP contribution in [0.1, 0.15) is 51.2 Å². The Labute approximate surface area is 185 Å². The fourth-order valence-corrected chi connectivity index (χ4v) is 3.54. The van der Waals surface area contributed by atoms with Gasteiger partial charge in [-0.15, -0.1) is 11.3 Å². The summed E-state index contributed by atoms with van der Waals surface area (Å²) in [6, 6.07) is 13.2. The number of benzene rings is 1. The number of rotatable bonds is 8. The molecule has 0 unspecified atom stereocenters. The Morgan fingerprint density at radius 1 is 1.10 bits per heavy atom. The van der Waals surface area contributed by atoms with E-state index in [9.17, 15) is 14.4 Å². The van der Waals surface area contributed by atoms with Crippen LogP contribution in [0, 0.1) is 5.41 Å². The third-order valence-corrected chi connectivity index (χ3v) is 5.56. The Balaban J connectivity index is 1.49. The molecule has 0 saturated carbocycles. The molecule has 31 heavy (non-hydrogen) atoms. The van der Waals surface area contributed by atoms with E-state index in [1.54, 1.807) is 23.0 Å². The number of hydrogen-bond donors (Lipinski definition) is 1. The van der Waals surface area contributed by atoms with Crippen molar-refractivity contribution < 1.29 is 19.1 Å². The Morgan fingerprint density at radius 3 is 2.55 bits per heavy atom. The van der Waals surface area contributed by atoms with Gasteiger partial charge in [0.15, 0.2) is 6.61 Å². The number of carbonyl (C=O) groups is 3. The molecule has 1 aromatic carbocycles. The number of Topliss-reactive ketones (excluding diaryl/α,β-unsaturated/α-hetero) is 1. The second-order valence-electron chi connectivity index (χ2n) is 8.11. The molecule has 2 heterocycles. The van der Waals surface area contributed by atoms with E-state index in [-0.39, 0.29) is 18.3 Å². The van der Waals surface area contributed by atoms with Crippen molar-refractivity contribution in [2.75, 3.05) is 6.61 Å². The van der Waals surface area contributed by atoms with E-state index >= 15 is 0 Å². The molecule has 0 spiro atoms. The zero-order chi connectivity index (χ0) is 22.4. The number of aromatic nitrogens is 2. The molecule has 162 valence electrons. The van der Waals surface area contributed by atoms with Crippen LogP contribution in [0.5, 0.6) is 0 Å². The molecule has 1 amide bonds. The highest BCUT2D eigenvalue weighted by atomic mass is 32.1. The van der Waals surface area contributed by atoms with E-state index in [1.807, 2.05) is 51.1 Å². The third-order valence-electron chi connectivity index (χ3n) is 4.43. The molecule has 2 aromatic heterocycles. The van der Waals surface area contributed by atoms with E-state index in [2.05, 4.69) is 10.4 Å². The van der Waals surface area contributed by atoms with E-state index in [4.69, 9.17) is 4.74 Å². The second-order valence-corrected chi connectivity index (χ2v) is 9.28. The van der Waals surface area contributed by atoms with Crippen molar-refractivity contribution in [3.8, 4) is 0 Å². The number of ether oxygens (including phenoxy) is 1. The van der Waals surface area contributed by atoms with Crippen molar-refractivity contribution in [2.24, 2.45) is 5.41 Å². The molecule has 0 aliphatic rings. The van der Waals surface area contributed by atoms with Crippen LogP contribution in [-0.4, -0.2) is 34.0 Å². The van der Waals surface area contributed by atoms with Crippen molar-refractivity contribution in [1.29, 1.82) is 0 Å². The van der Waals surface area contributed by atoms with Crippen LogP contribution >= 0.6 is 11.3 Å². The maximum atomic E-state index is 12.4. The number of ketones is 1. The lowest BCUT2D eigenvalue weighted by Crippen LogP contribution is -2.34. The summed E-state index contributed by atoms with van der Waals surface area (Å²) in [4.78, 5) is 37.9. The number of nitrogens with one attached hydrogen (secondary N) is 1. The molecule has 0 fully saturated rings. The quantitative estimate of drug-likeness (QED) is 0.427. The highest BCUT2D eigenvalue weighted by molar-refractivity contribution is 7.14. The Kier molecular flexibility index (Phi) is 7.02. The molecule has 1 N–H and O–H groups in total. The summed E-state index contributed by atoms with van der Waals surface area (Å²) in [6.45, 7) is 6.06. The number of esters is 1. The average molecular weight is 440 g/mol. The molecular weight excluding hydrogens is 414 g/mol. The van der Waals surface area contributed by atoms with Gasteiger partial charge in [0, 0.05) is 16.5 Å². The highest BCUT2D eigenvalue weighted by Crippen LogP contribution is 2.19. The van der Waals surface area contributed by atoms with Crippen LogP contribution < -0.4 is 5.32 Å². The summed E-state index contributed by atoms with van der Waals surface area (Å²) in [5.74, 6) is -0.944. The largest absolute Gasteiger partial charge is 0.454 e. The Morgan fingerprint density at radius 2 is 1.84 bits per heavy atom. The van der Waals surface area contributed by atoms with Crippen molar-refractivity contribution >= 4 is 29.0 Å². The van der Waals surface area contributed by atoms with Crippen molar-refractivity contribution in [3.05, 3.63) is 75.7 Å². The van der Waals surface area contributed by atoms with Crippen molar-refractivity contribution in [3.63, 3.8) is 0 Å². The van der Waals surface area contributed by atoms with Crippen LogP contribution in [0.15, 0.2) is 54.9 Å². The minimum absolute atomic E-state index is 0.0597. The fraction of sp³-hybridized carbons (Fsp3) is 0.304. The Hall–Kier alpha value is -3.26.